The topological polar surface area (TPSA) is 87.4 Å². The number of nitrogens with zero attached hydrogens (tertiary/aromatic N) is 5. The van der Waals surface area contributed by atoms with E-state index in [2.05, 4.69) is 31.3 Å². The number of para-hydroxylation sites is 1. The number of hydrogen-bond acceptors (Lipinski definition) is 6. The van der Waals surface area contributed by atoms with Crippen LogP contribution in [0.5, 0.6) is 0 Å². The van der Waals surface area contributed by atoms with Crippen molar-refractivity contribution in [2.45, 2.75) is 0 Å². The fourth-order valence-electron chi connectivity index (χ4n) is 2.50. The van der Waals surface area contributed by atoms with Crippen LogP contribution in [0.1, 0.15) is 5.56 Å². The van der Waals surface area contributed by atoms with E-state index in [0.717, 1.165) is 16.6 Å². The lowest BCUT2D eigenvalue weighted by atomic mass is 10.2. The fourth-order valence-corrected chi connectivity index (χ4v) is 2.50. The van der Waals surface area contributed by atoms with Crippen LogP contribution in [0.25, 0.3) is 22.4 Å². The second-order valence-corrected chi connectivity index (χ2v) is 5.32. The second kappa shape index (κ2) is 6.34. The zero-order valence-corrected chi connectivity index (χ0v) is 13.1. The van der Waals surface area contributed by atoms with Crippen LogP contribution in [0.2, 0.25) is 0 Å². The van der Waals surface area contributed by atoms with Crippen LogP contribution in [0.4, 0.5) is 11.5 Å². The SMILES string of the molecule is N#Cc1cccc(Nc2nc(-c3cnccn3)nc3ccccc23)c1. The average molecular weight is 324 g/mol. The summed E-state index contributed by atoms with van der Waals surface area (Å²) in [7, 11) is 0. The molecule has 0 spiro atoms. The van der Waals surface area contributed by atoms with Crippen molar-refractivity contribution in [2.24, 2.45) is 0 Å². The molecular formula is C19H12N6. The Bertz CT molecular complexity index is 1090. The van der Waals surface area contributed by atoms with Gasteiger partial charge in [0.1, 0.15) is 11.5 Å². The van der Waals surface area contributed by atoms with Gasteiger partial charge in [0.25, 0.3) is 0 Å². The zero-order valence-electron chi connectivity index (χ0n) is 13.1. The predicted molar refractivity (Wildman–Crippen MR) is 95.0 cm³/mol. The summed E-state index contributed by atoms with van der Waals surface area (Å²) < 4.78 is 0. The first-order valence-corrected chi connectivity index (χ1v) is 7.64. The monoisotopic (exact) mass is 324 g/mol. The highest BCUT2D eigenvalue weighted by molar-refractivity contribution is 5.92. The third kappa shape index (κ3) is 2.99. The van der Waals surface area contributed by atoms with Crippen LogP contribution < -0.4 is 5.32 Å². The number of fused-ring (bicyclic) bond motifs is 1. The summed E-state index contributed by atoms with van der Waals surface area (Å²) in [5.41, 5.74) is 2.77. The van der Waals surface area contributed by atoms with Gasteiger partial charge in [-0.15, -0.1) is 0 Å². The molecule has 1 N–H and O–H groups in total. The van der Waals surface area contributed by atoms with Crippen molar-refractivity contribution in [2.75, 3.05) is 5.32 Å². The van der Waals surface area contributed by atoms with Crippen LogP contribution in [-0.4, -0.2) is 19.9 Å². The molecule has 0 aliphatic carbocycles. The Labute approximate surface area is 143 Å². The van der Waals surface area contributed by atoms with E-state index in [1.165, 1.54) is 0 Å². The van der Waals surface area contributed by atoms with Gasteiger partial charge in [0.05, 0.1) is 23.3 Å². The normalized spacial score (nSPS) is 10.4. The second-order valence-electron chi connectivity index (χ2n) is 5.32. The van der Waals surface area contributed by atoms with Gasteiger partial charge in [-0.25, -0.2) is 15.0 Å². The minimum atomic E-state index is 0.491. The molecule has 0 amide bonds. The number of nitrogens with one attached hydrogen (secondary N) is 1. The molecule has 0 aliphatic heterocycles. The molecule has 0 saturated heterocycles. The molecule has 2 aromatic carbocycles. The molecule has 2 heterocycles. The van der Waals surface area contributed by atoms with Gasteiger partial charge >= 0.3 is 0 Å². The molecule has 6 nitrogen and oxygen atoms in total. The van der Waals surface area contributed by atoms with Gasteiger partial charge in [-0.05, 0) is 30.3 Å². The first-order valence-electron chi connectivity index (χ1n) is 7.64. The molecule has 0 fully saturated rings. The summed E-state index contributed by atoms with van der Waals surface area (Å²) in [4.78, 5) is 17.5. The van der Waals surface area contributed by atoms with E-state index in [1.807, 2.05) is 36.4 Å². The van der Waals surface area contributed by atoms with Gasteiger partial charge in [-0.3, -0.25) is 4.98 Å². The first kappa shape index (κ1) is 14.7. The summed E-state index contributed by atoms with van der Waals surface area (Å²) >= 11 is 0. The summed E-state index contributed by atoms with van der Waals surface area (Å²) in [6, 6.07) is 17.1. The Morgan fingerprint density at radius 2 is 1.88 bits per heavy atom. The lowest BCUT2D eigenvalue weighted by Gasteiger charge is -2.10. The number of hydrogen-bond donors (Lipinski definition) is 1. The highest BCUT2D eigenvalue weighted by Crippen LogP contribution is 2.26. The van der Waals surface area contributed by atoms with E-state index < -0.39 is 0 Å². The molecule has 0 saturated carbocycles. The lowest BCUT2D eigenvalue weighted by molar-refractivity contribution is 1.13. The van der Waals surface area contributed by atoms with Crippen LogP contribution >= 0.6 is 0 Å². The molecule has 25 heavy (non-hydrogen) atoms. The Morgan fingerprint density at radius 1 is 0.960 bits per heavy atom. The van der Waals surface area contributed by atoms with Crippen molar-refractivity contribution in [3.8, 4) is 17.6 Å². The van der Waals surface area contributed by atoms with Crippen LogP contribution in [0.15, 0.2) is 67.1 Å². The number of nitriles is 1. The summed E-state index contributed by atoms with van der Waals surface area (Å²) in [5, 5.41) is 13.2. The number of anilines is 2. The van der Waals surface area contributed by atoms with Crippen LogP contribution in [0, 0.1) is 11.3 Å². The summed E-state index contributed by atoms with van der Waals surface area (Å²) in [6.07, 6.45) is 4.85. The van der Waals surface area contributed by atoms with Crippen LogP contribution in [-0.2, 0) is 0 Å². The zero-order chi connectivity index (χ0) is 17.1. The van der Waals surface area contributed by atoms with E-state index in [4.69, 9.17) is 5.26 Å². The molecule has 4 rings (SSSR count). The maximum atomic E-state index is 9.07. The highest BCUT2D eigenvalue weighted by atomic mass is 15.0. The van der Waals surface area contributed by atoms with Crippen molar-refractivity contribution >= 4 is 22.4 Å². The van der Waals surface area contributed by atoms with Gasteiger partial charge in [-0.1, -0.05) is 18.2 Å². The molecule has 0 atom stereocenters. The van der Waals surface area contributed by atoms with Gasteiger partial charge in [-0.2, -0.15) is 5.26 Å². The Morgan fingerprint density at radius 3 is 2.72 bits per heavy atom. The minimum Gasteiger partial charge on any atom is -0.340 e. The first-order chi connectivity index (χ1) is 12.3. The molecule has 118 valence electrons. The molecule has 0 radical (unpaired) electrons. The smallest absolute Gasteiger partial charge is 0.182 e. The Kier molecular flexibility index (Phi) is 3.73. The highest BCUT2D eigenvalue weighted by Gasteiger charge is 2.10. The number of benzene rings is 2. The third-order valence-electron chi connectivity index (χ3n) is 3.65. The number of rotatable bonds is 3. The van der Waals surface area contributed by atoms with Gasteiger partial charge in [0, 0.05) is 23.5 Å². The van der Waals surface area contributed by atoms with Gasteiger partial charge in [0.2, 0.25) is 0 Å². The predicted octanol–water partition coefficient (Wildman–Crippen LogP) is 3.70. The third-order valence-corrected chi connectivity index (χ3v) is 3.65. The number of aromatic nitrogens is 4. The molecule has 0 aliphatic rings. The van der Waals surface area contributed by atoms with E-state index >= 15 is 0 Å². The van der Waals surface area contributed by atoms with Crippen molar-refractivity contribution in [1.82, 2.24) is 19.9 Å². The average Bonchev–Trinajstić information content (AvgIpc) is 2.69. The van der Waals surface area contributed by atoms with Gasteiger partial charge < -0.3 is 5.32 Å². The van der Waals surface area contributed by atoms with E-state index in [0.29, 0.717) is 22.9 Å². The van der Waals surface area contributed by atoms with E-state index in [-0.39, 0.29) is 0 Å². The minimum absolute atomic E-state index is 0.491. The maximum absolute atomic E-state index is 9.07. The quantitative estimate of drug-likeness (QED) is 0.618. The fraction of sp³-hybridized carbons (Fsp3) is 0. The van der Waals surface area contributed by atoms with E-state index in [9.17, 15) is 0 Å². The summed E-state index contributed by atoms with van der Waals surface area (Å²) in [5.74, 6) is 1.15. The van der Waals surface area contributed by atoms with Crippen LogP contribution in [0.3, 0.4) is 0 Å². The molecule has 6 heteroatoms. The standard InChI is InChI=1S/C19H12N6/c20-11-13-4-3-5-14(10-13)23-18-15-6-1-2-7-16(15)24-19(25-18)17-12-21-8-9-22-17/h1-10,12H,(H,23,24,25). The molecular weight excluding hydrogens is 312 g/mol. The largest absolute Gasteiger partial charge is 0.340 e. The lowest BCUT2D eigenvalue weighted by Crippen LogP contribution is -2.00. The van der Waals surface area contributed by atoms with Crippen molar-refractivity contribution in [1.29, 1.82) is 5.26 Å². The van der Waals surface area contributed by atoms with Crippen molar-refractivity contribution < 1.29 is 0 Å². The van der Waals surface area contributed by atoms with Crippen molar-refractivity contribution in [3.05, 3.63) is 72.7 Å². The molecule has 2 aromatic heterocycles. The summed E-state index contributed by atoms with van der Waals surface area (Å²) in [6.45, 7) is 0. The molecule has 0 bridgehead atoms. The van der Waals surface area contributed by atoms with Crippen molar-refractivity contribution in [3.63, 3.8) is 0 Å². The molecule has 4 aromatic rings. The maximum Gasteiger partial charge on any atom is 0.182 e. The Hall–Kier alpha value is -3.85. The van der Waals surface area contributed by atoms with E-state index in [1.54, 1.807) is 30.7 Å². The van der Waals surface area contributed by atoms with Gasteiger partial charge in [0.15, 0.2) is 5.82 Å². The Balaban J connectivity index is 1.85. The molecule has 0 unspecified atom stereocenters.